The lowest BCUT2D eigenvalue weighted by Gasteiger charge is -2.07. The Morgan fingerprint density at radius 2 is 2.00 bits per heavy atom. The Balaban J connectivity index is 1.64. The molecule has 0 aliphatic carbocycles. The fraction of sp³-hybridized carbons (Fsp3) is 0.130. The number of aromatic nitrogens is 2. The third kappa shape index (κ3) is 4.50. The molecule has 10 heteroatoms. The van der Waals surface area contributed by atoms with E-state index in [1.165, 1.54) is 29.5 Å². The summed E-state index contributed by atoms with van der Waals surface area (Å²) in [6, 6.07) is 11.1. The molecule has 4 aromatic rings. The molecule has 0 fully saturated rings. The molecule has 168 valence electrons. The van der Waals surface area contributed by atoms with E-state index in [9.17, 15) is 14.0 Å². The van der Waals surface area contributed by atoms with Gasteiger partial charge in [-0.15, -0.1) is 11.3 Å². The Bertz CT molecular complexity index is 1330. The zero-order valence-electron chi connectivity index (χ0n) is 17.5. The van der Waals surface area contributed by atoms with Gasteiger partial charge in [-0.25, -0.2) is 14.2 Å². The minimum atomic E-state index is -0.628. The highest BCUT2D eigenvalue weighted by Crippen LogP contribution is 2.34. The van der Waals surface area contributed by atoms with Gasteiger partial charge < -0.3 is 9.26 Å². The van der Waals surface area contributed by atoms with Crippen LogP contribution in [0.25, 0.3) is 22.5 Å². The molecular formula is C23H17ClFN3O4S. The molecule has 0 saturated carbocycles. The molecule has 4 rings (SSSR count). The summed E-state index contributed by atoms with van der Waals surface area (Å²) in [4.78, 5) is 29.7. The van der Waals surface area contributed by atoms with Gasteiger partial charge in [0.25, 0.3) is 5.91 Å². The summed E-state index contributed by atoms with van der Waals surface area (Å²) in [6.07, 6.45) is 0. The van der Waals surface area contributed by atoms with Crippen LogP contribution in [0.15, 0.2) is 52.4 Å². The van der Waals surface area contributed by atoms with Crippen molar-refractivity contribution in [3.8, 4) is 22.5 Å². The molecule has 2 aromatic heterocycles. The number of rotatable bonds is 6. The lowest BCUT2D eigenvalue weighted by molar-refractivity contribution is 0.0527. The third-order valence-corrected chi connectivity index (χ3v) is 5.79. The minimum absolute atomic E-state index is 0.00228. The number of ether oxygens (including phenoxy) is 1. The Kier molecular flexibility index (Phi) is 6.52. The number of halogens is 2. The number of benzene rings is 2. The predicted octanol–water partition coefficient (Wildman–Crippen LogP) is 6.00. The van der Waals surface area contributed by atoms with Gasteiger partial charge in [0, 0.05) is 10.9 Å². The second-order valence-electron chi connectivity index (χ2n) is 6.82. The van der Waals surface area contributed by atoms with Gasteiger partial charge in [-0.1, -0.05) is 41.0 Å². The lowest BCUT2D eigenvalue weighted by atomic mass is 10.0. The molecule has 33 heavy (non-hydrogen) atoms. The molecule has 0 aliphatic rings. The number of anilines is 1. The van der Waals surface area contributed by atoms with Crippen LogP contribution < -0.4 is 5.32 Å². The first-order chi connectivity index (χ1) is 15.9. The van der Waals surface area contributed by atoms with Gasteiger partial charge in [-0.05, 0) is 32.0 Å². The molecule has 0 atom stereocenters. The Morgan fingerprint density at radius 3 is 2.76 bits per heavy atom. The van der Waals surface area contributed by atoms with Crippen molar-refractivity contribution in [3.05, 3.63) is 75.6 Å². The zero-order chi connectivity index (χ0) is 23.5. The molecule has 0 bridgehead atoms. The number of carbonyl (C=O) groups excluding carboxylic acids is 2. The van der Waals surface area contributed by atoms with E-state index in [1.54, 1.807) is 43.5 Å². The van der Waals surface area contributed by atoms with Gasteiger partial charge in [-0.3, -0.25) is 10.1 Å². The number of amides is 1. The van der Waals surface area contributed by atoms with E-state index in [4.69, 9.17) is 20.9 Å². The van der Waals surface area contributed by atoms with E-state index in [-0.39, 0.29) is 39.3 Å². The summed E-state index contributed by atoms with van der Waals surface area (Å²) >= 11 is 7.31. The smallest absolute Gasteiger partial charge is 0.338 e. The maximum Gasteiger partial charge on any atom is 0.338 e. The largest absolute Gasteiger partial charge is 0.462 e. The second kappa shape index (κ2) is 9.51. The Morgan fingerprint density at radius 1 is 1.21 bits per heavy atom. The van der Waals surface area contributed by atoms with Crippen LogP contribution >= 0.6 is 22.9 Å². The standard InChI is InChI=1S/C23H17ClFN3O4S/c1-3-31-22(30)14-8-5-4-7-13(14)17-11-33-23(26-17)27-21(29)18-12(2)32-28-20(18)19-15(24)9-6-10-16(19)25/h4-11H,3H2,1-2H3,(H,26,27,29). The van der Waals surface area contributed by atoms with Crippen LogP contribution in [-0.2, 0) is 4.74 Å². The summed E-state index contributed by atoms with van der Waals surface area (Å²) in [7, 11) is 0. The molecule has 1 N–H and O–H groups in total. The lowest BCUT2D eigenvalue weighted by Crippen LogP contribution is -2.13. The van der Waals surface area contributed by atoms with Crippen molar-refractivity contribution in [2.75, 3.05) is 11.9 Å². The summed E-state index contributed by atoms with van der Waals surface area (Å²) in [5.74, 6) is -1.47. The maximum atomic E-state index is 14.4. The summed E-state index contributed by atoms with van der Waals surface area (Å²) < 4.78 is 24.7. The molecular weight excluding hydrogens is 469 g/mol. The third-order valence-electron chi connectivity index (χ3n) is 4.71. The van der Waals surface area contributed by atoms with Gasteiger partial charge in [0.05, 0.1) is 28.5 Å². The average Bonchev–Trinajstić information content (AvgIpc) is 3.40. The minimum Gasteiger partial charge on any atom is -0.462 e. The molecule has 2 aromatic carbocycles. The SMILES string of the molecule is CCOC(=O)c1ccccc1-c1csc(NC(=O)c2c(-c3c(F)cccc3Cl)noc2C)n1. The van der Waals surface area contributed by atoms with Crippen LogP contribution in [0.3, 0.4) is 0 Å². The van der Waals surface area contributed by atoms with E-state index in [0.717, 1.165) is 0 Å². The van der Waals surface area contributed by atoms with Crippen molar-refractivity contribution in [2.24, 2.45) is 0 Å². The number of thiazole rings is 1. The van der Waals surface area contributed by atoms with Gasteiger partial charge >= 0.3 is 5.97 Å². The van der Waals surface area contributed by atoms with E-state index >= 15 is 0 Å². The quantitative estimate of drug-likeness (QED) is 0.337. The van der Waals surface area contributed by atoms with Crippen LogP contribution in [0.4, 0.5) is 9.52 Å². The molecule has 0 spiro atoms. The summed E-state index contributed by atoms with van der Waals surface area (Å²) in [6.45, 7) is 3.52. The molecule has 0 aliphatic heterocycles. The second-order valence-corrected chi connectivity index (χ2v) is 8.08. The number of nitrogens with one attached hydrogen (secondary N) is 1. The van der Waals surface area contributed by atoms with E-state index in [0.29, 0.717) is 16.8 Å². The van der Waals surface area contributed by atoms with Crippen LogP contribution in [0.5, 0.6) is 0 Å². The Hall–Kier alpha value is -3.56. The van der Waals surface area contributed by atoms with Crippen LogP contribution in [0.2, 0.25) is 5.02 Å². The van der Waals surface area contributed by atoms with Crippen molar-refractivity contribution in [1.82, 2.24) is 10.1 Å². The Labute approximate surface area is 197 Å². The number of esters is 1. The van der Waals surface area contributed by atoms with Crippen LogP contribution in [0, 0.1) is 12.7 Å². The molecule has 0 radical (unpaired) electrons. The zero-order valence-corrected chi connectivity index (χ0v) is 19.1. The van der Waals surface area contributed by atoms with Gasteiger partial charge in [0.2, 0.25) is 0 Å². The average molecular weight is 486 g/mol. The summed E-state index contributed by atoms with van der Waals surface area (Å²) in [5, 5.41) is 8.62. The normalized spacial score (nSPS) is 10.8. The number of nitrogens with zero attached hydrogens (tertiary/aromatic N) is 2. The van der Waals surface area contributed by atoms with Crippen molar-refractivity contribution >= 4 is 39.9 Å². The summed E-state index contributed by atoms with van der Waals surface area (Å²) in [5.41, 5.74) is 1.47. The molecule has 0 saturated heterocycles. The van der Waals surface area contributed by atoms with E-state index in [2.05, 4.69) is 15.5 Å². The van der Waals surface area contributed by atoms with Crippen molar-refractivity contribution in [3.63, 3.8) is 0 Å². The van der Waals surface area contributed by atoms with Gasteiger partial charge in [0.1, 0.15) is 22.8 Å². The van der Waals surface area contributed by atoms with Crippen LogP contribution in [0.1, 0.15) is 33.4 Å². The first kappa shape index (κ1) is 22.6. The number of hydrogen-bond acceptors (Lipinski definition) is 7. The van der Waals surface area contributed by atoms with Crippen molar-refractivity contribution < 1.29 is 23.2 Å². The highest BCUT2D eigenvalue weighted by molar-refractivity contribution is 7.14. The van der Waals surface area contributed by atoms with Crippen molar-refractivity contribution in [1.29, 1.82) is 0 Å². The maximum absolute atomic E-state index is 14.4. The number of aryl methyl sites for hydroxylation is 1. The molecule has 1 amide bonds. The fourth-order valence-electron chi connectivity index (χ4n) is 3.24. The molecule has 0 unspecified atom stereocenters. The van der Waals surface area contributed by atoms with Crippen molar-refractivity contribution in [2.45, 2.75) is 13.8 Å². The van der Waals surface area contributed by atoms with E-state index < -0.39 is 17.7 Å². The van der Waals surface area contributed by atoms with Gasteiger partial charge in [0.15, 0.2) is 5.13 Å². The topological polar surface area (TPSA) is 94.3 Å². The highest BCUT2D eigenvalue weighted by atomic mass is 35.5. The first-order valence-electron chi connectivity index (χ1n) is 9.84. The molecule has 7 nitrogen and oxygen atoms in total. The van der Waals surface area contributed by atoms with Gasteiger partial charge in [-0.2, -0.15) is 0 Å². The fourth-order valence-corrected chi connectivity index (χ4v) is 4.20. The monoisotopic (exact) mass is 485 g/mol. The van der Waals surface area contributed by atoms with E-state index in [1.807, 2.05) is 0 Å². The number of carbonyl (C=O) groups is 2. The first-order valence-corrected chi connectivity index (χ1v) is 11.1. The highest BCUT2D eigenvalue weighted by Gasteiger charge is 2.26. The predicted molar refractivity (Wildman–Crippen MR) is 123 cm³/mol. The number of hydrogen-bond donors (Lipinski definition) is 1. The van der Waals surface area contributed by atoms with Crippen LogP contribution in [-0.4, -0.2) is 28.6 Å². The molecule has 2 heterocycles.